The monoisotopic (exact) mass is 451 g/mol. The molecule has 6 rings (SSSR count). The largest absolute Gasteiger partial charge is 1.00 e. The number of aliphatic hydroxyl groups excluding tert-OH is 1. The third-order valence-corrected chi connectivity index (χ3v) is 7.59. The topological polar surface area (TPSA) is 55.2 Å². The molecule has 0 radical (unpaired) electrons. The van der Waals surface area contributed by atoms with Gasteiger partial charge in [-0.05, 0) is 47.9 Å². The number of ether oxygens (including phenoxy) is 1. The standard InChI is InChI=1S/C26H30N3O2.ClH/c1-3-19-17-29(16-18-6-10-27-11-7-18)13-9-20(19)14-25(29)26(30)22-8-12-28-24-5-4-21(31-2)15-23(22)24;/h3-8,10-12,15,19-20,25-26,30H,1,9,13-14,16-17H2,2H3;1H/q+1;/p-1/t19?,20?,25?,26-,29?;/m1./s1. The number of pyridine rings is 2. The minimum atomic E-state index is -0.562. The highest BCUT2D eigenvalue weighted by atomic mass is 35.5. The van der Waals surface area contributed by atoms with Crippen molar-refractivity contribution in [1.29, 1.82) is 0 Å². The quantitative estimate of drug-likeness (QED) is 0.453. The maximum Gasteiger partial charge on any atom is 0.131 e. The van der Waals surface area contributed by atoms with Gasteiger partial charge in [-0.25, -0.2) is 0 Å². The molecule has 5 nitrogen and oxygen atoms in total. The van der Waals surface area contributed by atoms with Crippen molar-refractivity contribution in [3.05, 3.63) is 78.8 Å². The van der Waals surface area contributed by atoms with E-state index in [9.17, 15) is 5.11 Å². The van der Waals surface area contributed by atoms with Crippen molar-refractivity contribution in [3.8, 4) is 5.75 Å². The molecule has 0 amide bonds. The molecule has 1 N–H and O–H groups in total. The van der Waals surface area contributed by atoms with Crippen LogP contribution in [0.3, 0.4) is 0 Å². The molecule has 4 unspecified atom stereocenters. The van der Waals surface area contributed by atoms with Gasteiger partial charge < -0.3 is 26.7 Å². The molecule has 5 heterocycles. The summed E-state index contributed by atoms with van der Waals surface area (Å²) in [5.41, 5.74) is 3.11. The second kappa shape index (κ2) is 9.18. The van der Waals surface area contributed by atoms with Gasteiger partial charge in [-0.2, -0.15) is 0 Å². The highest BCUT2D eigenvalue weighted by Crippen LogP contribution is 2.48. The van der Waals surface area contributed by atoms with Crippen molar-refractivity contribution < 1.29 is 26.7 Å². The normalized spacial score (nSPS) is 27.5. The van der Waals surface area contributed by atoms with E-state index in [1.54, 1.807) is 7.11 Å². The van der Waals surface area contributed by atoms with Gasteiger partial charge in [0.05, 0.1) is 25.7 Å². The Balaban J connectivity index is 0.00000245. The lowest BCUT2D eigenvalue weighted by atomic mass is 9.71. The first-order valence-electron chi connectivity index (χ1n) is 11.1. The third-order valence-electron chi connectivity index (χ3n) is 7.59. The van der Waals surface area contributed by atoms with Gasteiger partial charge in [-0.15, -0.1) is 6.58 Å². The molecule has 5 atom stereocenters. The maximum atomic E-state index is 11.8. The predicted octanol–water partition coefficient (Wildman–Crippen LogP) is 1.29. The Morgan fingerprint density at radius 2 is 2.03 bits per heavy atom. The maximum absolute atomic E-state index is 11.8. The first-order valence-corrected chi connectivity index (χ1v) is 11.1. The van der Waals surface area contributed by atoms with Crippen molar-refractivity contribution in [2.75, 3.05) is 20.2 Å². The molecule has 0 spiro atoms. The number of hydrogen-bond acceptors (Lipinski definition) is 4. The number of benzene rings is 1. The summed E-state index contributed by atoms with van der Waals surface area (Å²) in [5.74, 6) is 1.89. The molecule has 32 heavy (non-hydrogen) atoms. The van der Waals surface area contributed by atoms with E-state index >= 15 is 0 Å². The van der Waals surface area contributed by atoms with Crippen LogP contribution < -0.4 is 17.1 Å². The summed E-state index contributed by atoms with van der Waals surface area (Å²) in [6.07, 6.45) is 9.31. The lowest BCUT2D eigenvalue weighted by molar-refractivity contribution is -0.984. The van der Waals surface area contributed by atoms with Crippen LogP contribution in [-0.4, -0.2) is 45.8 Å². The SMILES string of the molecule is C=CC1C[N+]2(Cc3ccncc3)CCC1CC2[C@H](O)c1ccnc2ccc(OC)cc12.[Cl-]. The van der Waals surface area contributed by atoms with E-state index in [0.29, 0.717) is 11.8 Å². The fraction of sp³-hybridized carbons (Fsp3) is 0.385. The van der Waals surface area contributed by atoms with Crippen LogP contribution >= 0.6 is 0 Å². The van der Waals surface area contributed by atoms with Gasteiger partial charge >= 0.3 is 0 Å². The summed E-state index contributed by atoms with van der Waals surface area (Å²) in [4.78, 5) is 8.70. The van der Waals surface area contributed by atoms with E-state index in [0.717, 1.165) is 52.8 Å². The number of quaternary nitrogens is 1. The van der Waals surface area contributed by atoms with Crippen molar-refractivity contribution >= 4 is 10.9 Å². The summed E-state index contributed by atoms with van der Waals surface area (Å²) in [5, 5.41) is 12.8. The molecule has 3 aromatic rings. The molecule has 0 saturated carbocycles. The van der Waals surface area contributed by atoms with Gasteiger partial charge in [0, 0.05) is 48.3 Å². The first kappa shape index (κ1) is 22.7. The highest BCUT2D eigenvalue weighted by Gasteiger charge is 2.53. The van der Waals surface area contributed by atoms with Gasteiger partial charge in [-0.1, -0.05) is 6.08 Å². The van der Waals surface area contributed by atoms with Crippen LogP contribution in [0.15, 0.2) is 67.6 Å². The van der Waals surface area contributed by atoms with Gasteiger partial charge in [-0.3, -0.25) is 9.97 Å². The number of fused-ring (bicyclic) bond motifs is 4. The Hall–Kier alpha value is -2.47. The zero-order valence-corrected chi connectivity index (χ0v) is 19.2. The summed E-state index contributed by atoms with van der Waals surface area (Å²) in [6, 6.07) is 12.2. The molecule has 3 aliphatic heterocycles. The van der Waals surface area contributed by atoms with E-state index in [1.807, 2.05) is 42.9 Å². The van der Waals surface area contributed by atoms with E-state index in [-0.39, 0.29) is 18.4 Å². The van der Waals surface area contributed by atoms with Gasteiger partial charge in [0.2, 0.25) is 0 Å². The molecule has 3 saturated heterocycles. The molecule has 1 aromatic carbocycles. The Bertz CT molecular complexity index is 1090. The van der Waals surface area contributed by atoms with E-state index in [4.69, 9.17) is 4.74 Å². The van der Waals surface area contributed by atoms with E-state index in [1.165, 1.54) is 12.0 Å². The minimum absolute atomic E-state index is 0. The van der Waals surface area contributed by atoms with Crippen molar-refractivity contribution in [3.63, 3.8) is 0 Å². The van der Waals surface area contributed by atoms with Crippen LogP contribution in [0.5, 0.6) is 5.75 Å². The van der Waals surface area contributed by atoms with E-state index < -0.39 is 6.10 Å². The molecule has 3 aliphatic rings. The van der Waals surface area contributed by atoms with Gasteiger partial charge in [0.15, 0.2) is 0 Å². The summed E-state index contributed by atoms with van der Waals surface area (Å²) < 4.78 is 6.34. The van der Waals surface area contributed by atoms with Gasteiger partial charge in [0.25, 0.3) is 0 Å². The fourth-order valence-electron chi connectivity index (χ4n) is 5.97. The van der Waals surface area contributed by atoms with Crippen LogP contribution in [0, 0.1) is 11.8 Å². The minimum Gasteiger partial charge on any atom is -1.00 e. The van der Waals surface area contributed by atoms with Crippen molar-refractivity contribution in [1.82, 2.24) is 9.97 Å². The molecule has 2 aromatic heterocycles. The Morgan fingerprint density at radius 3 is 2.78 bits per heavy atom. The second-order valence-corrected chi connectivity index (χ2v) is 9.12. The van der Waals surface area contributed by atoms with Crippen LogP contribution in [0.4, 0.5) is 0 Å². The number of piperidine rings is 3. The van der Waals surface area contributed by atoms with Crippen LogP contribution in [0.25, 0.3) is 10.9 Å². The molecule has 0 aliphatic carbocycles. The van der Waals surface area contributed by atoms with Crippen molar-refractivity contribution in [2.45, 2.75) is 31.5 Å². The molecule has 168 valence electrons. The lowest BCUT2D eigenvalue weighted by Crippen LogP contribution is -3.00. The van der Waals surface area contributed by atoms with Crippen LogP contribution in [0.2, 0.25) is 0 Å². The lowest BCUT2D eigenvalue weighted by Gasteiger charge is -2.58. The number of halogens is 1. The number of hydrogen-bond donors (Lipinski definition) is 1. The van der Waals surface area contributed by atoms with E-state index in [2.05, 4.69) is 34.8 Å². The second-order valence-electron chi connectivity index (χ2n) is 9.12. The zero-order valence-electron chi connectivity index (χ0n) is 18.4. The predicted molar refractivity (Wildman–Crippen MR) is 121 cm³/mol. The summed E-state index contributed by atoms with van der Waals surface area (Å²) in [6.45, 7) is 7.16. The van der Waals surface area contributed by atoms with Gasteiger partial charge in [0.1, 0.15) is 24.4 Å². The summed E-state index contributed by atoms with van der Waals surface area (Å²) >= 11 is 0. The van der Waals surface area contributed by atoms with Crippen LogP contribution in [-0.2, 0) is 6.54 Å². The molecule has 6 heteroatoms. The number of methoxy groups -OCH3 is 1. The number of nitrogens with zero attached hydrogens (tertiary/aromatic N) is 3. The van der Waals surface area contributed by atoms with Crippen LogP contribution in [0.1, 0.15) is 30.1 Å². The Kier molecular flexibility index (Phi) is 6.52. The number of aliphatic hydroxyl groups is 1. The molecular formula is C26H30ClN3O2. The smallest absolute Gasteiger partial charge is 0.131 e. The van der Waals surface area contributed by atoms with Crippen molar-refractivity contribution in [2.24, 2.45) is 11.8 Å². The highest BCUT2D eigenvalue weighted by molar-refractivity contribution is 5.83. The average Bonchev–Trinajstić information content (AvgIpc) is 2.83. The third kappa shape index (κ3) is 3.90. The number of rotatable bonds is 6. The zero-order chi connectivity index (χ0) is 21.4. The molecule has 2 bridgehead atoms. The Morgan fingerprint density at radius 1 is 1.22 bits per heavy atom. The first-order chi connectivity index (χ1) is 15.1. The average molecular weight is 452 g/mol. The Labute approximate surface area is 195 Å². The fourth-order valence-corrected chi connectivity index (χ4v) is 5.97. The molecular weight excluding hydrogens is 422 g/mol. The number of aromatic nitrogens is 2. The molecule has 3 fully saturated rings. The summed E-state index contributed by atoms with van der Waals surface area (Å²) in [7, 11) is 1.67.